The molecule has 0 unspecified atom stereocenters. The quantitative estimate of drug-likeness (QED) is 0.496. The van der Waals surface area contributed by atoms with Gasteiger partial charge in [0.1, 0.15) is 11.4 Å². The molecule has 2 amide bonds. The number of anilines is 1. The molecule has 0 radical (unpaired) electrons. The van der Waals surface area contributed by atoms with Gasteiger partial charge in [-0.05, 0) is 47.9 Å². The lowest BCUT2D eigenvalue weighted by atomic mass is 10.0. The van der Waals surface area contributed by atoms with Crippen LogP contribution in [0.4, 0.5) is 5.69 Å². The molecule has 0 aliphatic carbocycles. The molecule has 1 aliphatic heterocycles. The number of carbonyl (C=O) groups excluding carboxylic acids is 2. The zero-order chi connectivity index (χ0) is 22.5. The second kappa shape index (κ2) is 9.66. The van der Waals surface area contributed by atoms with Gasteiger partial charge in [0, 0.05) is 29.2 Å². The van der Waals surface area contributed by atoms with Crippen molar-refractivity contribution in [3.8, 4) is 5.75 Å². The van der Waals surface area contributed by atoms with Crippen LogP contribution in [0.3, 0.4) is 0 Å². The van der Waals surface area contributed by atoms with E-state index in [0.29, 0.717) is 34.2 Å². The minimum atomic E-state index is -0.399. The molecule has 6 nitrogen and oxygen atoms in total. The summed E-state index contributed by atoms with van der Waals surface area (Å²) in [5.41, 5.74) is 2.55. The van der Waals surface area contributed by atoms with Crippen molar-refractivity contribution in [3.05, 3.63) is 94.9 Å². The molecule has 0 spiro atoms. The summed E-state index contributed by atoms with van der Waals surface area (Å²) in [6.45, 7) is 2.76. The van der Waals surface area contributed by atoms with Crippen LogP contribution >= 0.6 is 11.6 Å². The standard InChI is InChI=1S/C25H22ClN3O3/c1-2-13-32-21-7-3-6-20(14-21)28-23-22(18-8-10-19(26)11-9-18)24(30)29(25(23)31)16-17-5-4-12-27-15-17/h3-12,14-15,28H,2,13,16H2,1H3. The Kier molecular flexibility index (Phi) is 6.52. The average molecular weight is 448 g/mol. The fourth-order valence-corrected chi connectivity index (χ4v) is 3.55. The Labute approximate surface area is 191 Å². The fraction of sp³-hybridized carbons (Fsp3) is 0.160. The lowest BCUT2D eigenvalue weighted by molar-refractivity contribution is -0.137. The third-order valence-corrected chi connectivity index (χ3v) is 5.19. The first-order valence-electron chi connectivity index (χ1n) is 10.3. The number of carbonyl (C=O) groups is 2. The summed E-state index contributed by atoms with van der Waals surface area (Å²) < 4.78 is 5.69. The van der Waals surface area contributed by atoms with Crippen molar-refractivity contribution >= 4 is 34.7 Å². The molecule has 0 atom stereocenters. The van der Waals surface area contributed by atoms with Crippen molar-refractivity contribution in [1.29, 1.82) is 0 Å². The topological polar surface area (TPSA) is 71.5 Å². The SMILES string of the molecule is CCCOc1cccc(NC2=C(c3ccc(Cl)cc3)C(=O)N(Cc3cccnc3)C2=O)c1. The number of nitrogens with one attached hydrogen (secondary N) is 1. The van der Waals surface area contributed by atoms with Crippen LogP contribution in [0.2, 0.25) is 5.02 Å². The van der Waals surface area contributed by atoms with Crippen molar-refractivity contribution in [2.75, 3.05) is 11.9 Å². The van der Waals surface area contributed by atoms with Crippen LogP contribution in [-0.2, 0) is 16.1 Å². The monoisotopic (exact) mass is 447 g/mol. The van der Waals surface area contributed by atoms with E-state index in [1.54, 1.807) is 42.7 Å². The van der Waals surface area contributed by atoms with E-state index in [-0.39, 0.29) is 18.1 Å². The van der Waals surface area contributed by atoms with Crippen molar-refractivity contribution < 1.29 is 14.3 Å². The highest BCUT2D eigenvalue weighted by atomic mass is 35.5. The van der Waals surface area contributed by atoms with Crippen LogP contribution in [0.5, 0.6) is 5.75 Å². The lowest BCUT2D eigenvalue weighted by Crippen LogP contribution is -2.32. The van der Waals surface area contributed by atoms with Crippen LogP contribution in [0, 0.1) is 0 Å². The Morgan fingerprint density at radius 3 is 2.56 bits per heavy atom. The Bertz CT molecular complexity index is 1160. The van der Waals surface area contributed by atoms with Crippen LogP contribution in [-0.4, -0.2) is 28.3 Å². The third-order valence-electron chi connectivity index (χ3n) is 4.94. The predicted molar refractivity (Wildman–Crippen MR) is 124 cm³/mol. The van der Waals surface area contributed by atoms with Crippen molar-refractivity contribution in [1.82, 2.24) is 9.88 Å². The van der Waals surface area contributed by atoms with Gasteiger partial charge in [0.25, 0.3) is 11.8 Å². The number of hydrogen-bond donors (Lipinski definition) is 1. The summed E-state index contributed by atoms with van der Waals surface area (Å²) in [6.07, 6.45) is 4.18. The summed E-state index contributed by atoms with van der Waals surface area (Å²) in [5, 5.41) is 3.71. The van der Waals surface area contributed by atoms with Gasteiger partial charge < -0.3 is 10.1 Å². The van der Waals surface area contributed by atoms with E-state index in [9.17, 15) is 9.59 Å². The lowest BCUT2D eigenvalue weighted by Gasteiger charge is -2.15. The normalized spacial score (nSPS) is 13.6. The highest BCUT2D eigenvalue weighted by Gasteiger charge is 2.39. The third kappa shape index (κ3) is 4.65. The first-order chi connectivity index (χ1) is 15.6. The molecule has 0 saturated heterocycles. The van der Waals surface area contributed by atoms with Crippen LogP contribution in [0.15, 0.2) is 78.8 Å². The fourth-order valence-electron chi connectivity index (χ4n) is 3.42. The second-order valence-corrected chi connectivity index (χ2v) is 7.75. The van der Waals surface area contributed by atoms with Crippen molar-refractivity contribution in [2.45, 2.75) is 19.9 Å². The molecule has 1 aliphatic rings. The average Bonchev–Trinajstić information content (AvgIpc) is 3.03. The number of imide groups is 1. The summed E-state index contributed by atoms with van der Waals surface area (Å²) in [5.74, 6) is -0.0831. The molecule has 4 rings (SSSR count). The van der Waals surface area contributed by atoms with Gasteiger partial charge in [-0.1, -0.05) is 42.8 Å². The summed E-state index contributed by atoms with van der Waals surface area (Å²) in [4.78, 5) is 32.0. The summed E-state index contributed by atoms with van der Waals surface area (Å²) in [7, 11) is 0. The smallest absolute Gasteiger partial charge is 0.278 e. The molecule has 0 fully saturated rings. The van der Waals surface area contributed by atoms with E-state index in [0.717, 1.165) is 12.0 Å². The molecule has 0 bridgehead atoms. The van der Waals surface area contributed by atoms with Gasteiger partial charge in [0.15, 0.2) is 0 Å². The maximum Gasteiger partial charge on any atom is 0.278 e. The Morgan fingerprint density at radius 1 is 1.03 bits per heavy atom. The Balaban J connectivity index is 1.70. The molecule has 0 saturated carbocycles. The van der Waals surface area contributed by atoms with Gasteiger partial charge in [-0.2, -0.15) is 0 Å². The van der Waals surface area contributed by atoms with Gasteiger partial charge >= 0.3 is 0 Å². The zero-order valence-electron chi connectivity index (χ0n) is 17.5. The van der Waals surface area contributed by atoms with Gasteiger partial charge in [-0.3, -0.25) is 19.5 Å². The number of pyridine rings is 1. The maximum absolute atomic E-state index is 13.3. The van der Waals surface area contributed by atoms with Gasteiger partial charge in [0.05, 0.1) is 18.7 Å². The zero-order valence-corrected chi connectivity index (χ0v) is 18.3. The maximum atomic E-state index is 13.3. The molecule has 7 heteroatoms. The van der Waals surface area contributed by atoms with E-state index in [1.165, 1.54) is 4.90 Å². The van der Waals surface area contributed by atoms with E-state index < -0.39 is 5.91 Å². The second-order valence-electron chi connectivity index (χ2n) is 7.32. The van der Waals surface area contributed by atoms with Crippen LogP contribution in [0.25, 0.3) is 5.57 Å². The molecule has 162 valence electrons. The number of rotatable bonds is 8. The first-order valence-corrected chi connectivity index (χ1v) is 10.7. The van der Waals surface area contributed by atoms with E-state index >= 15 is 0 Å². The van der Waals surface area contributed by atoms with E-state index in [1.807, 2.05) is 37.3 Å². The first kappa shape index (κ1) is 21.6. The molecule has 1 aromatic heterocycles. The van der Waals surface area contributed by atoms with E-state index in [4.69, 9.17) is 16.3 Å². The summed E-state index contributed by atoms with van der Waals surface area (Å²) in [6, 6.07) is 17.8. The number of benzene rings is 2. The predicted octanol–water partition coefficient (Wildman–Crippen LogP) is 4.92. The van der Waals surface area contributed by atoms with Gasteiger partial charge in [-0.15, -0.1) is 0 Å². The molecule has 2 heterocycles. The van der Waals surface area contributed by atoms with Crippen LogP contribution < -0.4 is 10.1 Å². The molecule has 1 N–H and O–H groups in total. The highest BCUT2D eigenvalue weighted by molar-refractivity contribution is 6.36. The largest absolute Gasteiger partial charge is 0.494 e. The number of nitrogens with zero attached hydrogens (tertiary/aromatic N) is 2. The molecular formula is C25H22ClN3O3. The Morgan fingerprint density at radius 2 is 1.84 bits per heavy atom. The number of ether oxygens (including phenoxy) is 1. The number of amides is 2. The van der Waals surface area contributed by atoms with Crippen molar-refractivity contribution in [3.63, 3.8) is 0 Å². The number of halogens is 1. The van der Waals surface area contributed by atoms with Crippen LogP contribution in [0.1, 0.15) is 24.5 Å². The van der Waals surface area contributed by atoms with Gasteiger partial charge in [0.2, 0.25) is 0 Å². The minimum absolute atomic E-state index is 0.132. The molecule has 3 aromatic rings. The minimum Gasteiger partial charge on any atom is -0.494 e. The number of aromatic nitrogens is 1. The van der Waals surface area contributed by atoms with Crippen molar-refractivity contribution in [2.24, 2.45) is 0 Å². The Hall–Kier alpha value is -3.64. The molecule has 2 aromatic carbocycles. The van der Waals surface area contributed by atoms with E-state index in [2.05, 4.69) is 10.3 Å². The summed E-state index contributed by atoms with van der Waals surface area (Å²) >= 11 is 6.03. The highest BCUT2D eigenvalue weighted by Crippen LogP contribution is 2.32. The molecule has 32 heavy (non-hydrogen) atoms. The van der Waals surface area contributed by atoms with Gasteiger partial charge in [-0.25, -0.2) is 0 Å². The molecular weight excluding hydrogens is 426 g/mol. The number of hydrogen-bond acceptors (Lipinski definition) is 5.